The SMILES string of the molecule is Cc1ccccc1-c1c(N)cccc1N(CCO)CCO. The van der Waals surface area contributed by atoms with Crippen molar-refractivity contribution in [2.45, 2.75) is 6.92 Å². The first kappa shape index (κ1) is 15.4. The number of aliphatic hydroxyl groups is 2. The number of nitrogens with zero attached hydrogens (tertiary/aromatic N) is 1. The van der Waals surface area contributed by atoms with E-state index in [4.69, 9.17) is 5.73 Å². The molecule has 21 heavy (non-hydrogen) atoms. The average Bonchev–Trinajstić information content (AvgIpc) is 2.48. The summed E-state index contributed by atoms with van der Waals surface area (Å²) in [6.07, 6.45) is 0. The summed E-state index contributed by atoms with van der Waals surface area (Å²) < 4.78 is 0. The second-order valence-corrected chi connectivity index (χ2v) is 4.99. The molecule has 0 unspecified atom stereocenters. The van der Waals surface area contributed by atoms with Gasteiger partial charge >= 0.3 is 0 Å². The summed E-state index contributed by atoms with van der Waals surface area (Å²) in [5.41, 5.74) is 11.0. The molecule has 2 rings (SSSR count). The second kappa shape index (κ2) is 7.11. The number of rotatable bonds is 6. The molecular formula is C17H22N2O2. The number of nitrogens with two attached hydrogens (primary N) is 1. The van der Waals surface area contributed by atoms with Crippen molar-refractivity contribution in [3.8, 4) is 11.1 Å². The molecule has 0 heterocycles. The van der Waals surface area contributed by atoms with Crippen LogP contribution >= 0.6 is 0 Å². The van der Waals surface area contributed by atoms with Gasteiger partial charge in [-0.2, -0.15) is 0 Å². The highest BCUT2D eigenvalue weighted by Gasteiger charge is 2.15. The number of benzene rings is 2. The summed E-state index contributed by atoms with van der Waals surface area (Å²) >= 11 is 0. The first-order chi connectivity index (χ1) is 10.2. The van der Waals surface area contributed by atoms with Crippen LogP contribution in [0.2, 0.25) is 0 Å². The van der Waals surface area contributed by atoms with Gasteiger partial charge < -0.3 is 20.8 Å². The van der Waals surface area contributed by atoms with Crippen molar-refractivity contribution >= 4 is 11.4 Å². The van der Waals surface area contributed by atoms with E-state index in [0.717, 1.165) is 22.4 Å². The number of aryl methyl sites for hydroxylation is 1. The molecule has 0 atom stereocenters. The van der Waals surface area contributed by atoms with Gasteiger partial charge in [-0.3, -0.25) is 0 Å². The van der Waals surface area contributed by atoms with E-state index in [1.54, 1.807) is 0 Å². The highest BCUT2D eigenvalue weighted by molar-refractivity contribution is 5.89. The normalized spacial score (nSPS) is 10.6. The Bertz CT molecular complexity index is 593. The Labute approximate surface area is 125 Å². The molecule has 0 bridgehead atoms. The third-order valence-corrected chi connectivity index (χ3v) is 3.57. The third-order valence-electron chi connectivity index (χ3n) is 3.57. The van der Waals surface area contributed by atoms with Crippen molar-refractivity contribution in [2.24, 2.45) is 0 Å². The van der Waals surface area contributed by atoms with Crippen LogP contribution in [0.1, 0.15) is 5.56 Å². The van der Waals surface area contributed by atoms with E-state index in [-0.39, 0.29) is 13.2 Å². The van der Waals surface area contributed by atoms with Gasteiger partial charge in [0, 0.05) is 30.0 Å². The van der Waals surface area contributed by atoms with Crippen LogP contribution in [0.4, 0.5) is 11.4 Å². The molecule has 4 N–H and O–H groups in total. The van der Waals surface area contributed by atoms with Gasteiger partial charge in [-0.15, -0.1) is 0 Å². The fourth-order valence-corrected chi connectivity index (χ4v) is 2.56. The van der Waals surface area contributed by atoms with Crippen LogP contribution < -0.4 is 10.6 Å². The highest BCUT2D eigenvalue weighted by Crippen LogP contribution is 2.37. The lowest BCUT2D eigenvalue weighted by Gasteiger charge is -2.27. The summed E-state index contributed by atoms with van der Waals surface area (Å²) in [4.78, 5) is 1.96. The van der Waals surface area contributed by atoms with E-state index in [2.05, 4.69) is 0 Å². The van der Waals surface area contributed by atoms with Crippen molar-refractivity contribution in [2.75, 3.05) is 36.9 Å². The van der Waals surface area contributed by atoms with Gasteiger partial charge in [0.25, 0.3) is 0 Å². The number of aliphatic hydroxyl groups excluding tert-OH is 2. The summed E-state index contributed by atoms with van der Waals surface area (Å²) in [6, 6.07) is 13.8. The zero-order chi connectivity index (χ0) is 15.2. The largest absolute Gasteiger partial charge is 0.398 e. The van der Waals surface area contributed by atoms with Gasteiger partial charge in [0.2, 0.25) is 0 Å². The lowest BCUT2D eigenvalue weighted by molar-refractivity contribution is 0.281. The van der Waals surface area contributed by atoms with Gasteiger partial charge in [-0.05, 0) is 30.2 Å². The average molecular weight is 286 g/mol. The molecule has 0 fully saturated rings. The Balaban J connectivity index is 2.57. The molecule has 0 spiro atoms. The van der Waals surface area contributed by atoms with E-state index in [1.165, 1.54) is 0 Å². The van der Waals surface area contributed by atoms with Crippen molar-refractivity contribution < 1.29 is 10.2 Å². The number of anilines is 2. The van der Waals surface area contributed by atoms with Gasteiger partial charge in [-0.1, -0.05) is 30.3 Å². The standard InChI is InChI=1S/C17H22N2O2/c1-13-5-2-3-6-14(13)17-15(18)7-4-8-16(17)19(9-11-20)10-12-21/h2-8,20-21H,9-12,18H2,1H3. The molecular weight excluding hydrogens is 264 g/mol. The Kier molecular flexibility index (Phi) is 5.20. The van der Waals surface area contributed by atoms with Crippen molar-refractivity contribution in [3.05, 3.63) is 48.0 Å². The predicted octanol–water partition coefficient (Wildman–Crippen LogP) is 2.04. The minimum Gasteiger partial charge on any atom is -0.398 e. The Hall–Kier alpha value is -2.04. The van der Waals surface area contributed by atoms with Crippen LogP contribution in [0.15, 0.2) is 42.5 Å². The summed E-state index contributed by atoms with van der Waals surface area (Å²) in [6.45, 7) is 3.03. The fourth-order valence-electron chi connectivity index (χ4n) is 2.56. The van der Waals surface area contributed by atoms with Crippen molar-refractivity contribution in [1.29, 1.82) is 0 Å². The maximum atomic E-state index is 9.26. The number of hydrogen-bond donors (Lipinski definition) is 3. The minimum atomic E-state index is 0.0298. The zero-order valence-corrected chi connectivity index (χ0v) is 12.3. The Morgan fingerprint density at radius 2 is 1.62 bits per heavy atom. The molecule has 4 heteroatoms. The van der Waals surface area contributed by atoms with Crippen molar-refractivity contribution in [3.63, 3.8) is 0 Å². The lowest BCUT2D eigenvalue weighted by atomic mass is 9.96. The van der Waals surface area contributed by atoms with Gasteiger partial charge in [0.1, 0.15) is 0 Å². The van der Waals surface area contributed by atoms with Crippen LogP contribution in [-0.4, -0.2) is 36.5 Å². The van der Waals surface area contributed by atoms with Gasteiger partial charge in [0.15, 0.2) is 0 Å². The summed E-state index contributed by atoms with van der Waals surface area (Å²) in [5, 5.41) is 18.5. The monoisotopic (exact) mass is 286 g/mol. The zero-order valence-electron chi connectivity index (χ0n) is 12.3. The third kappa shape index (κ3) is 3.35. The highest BCUT2D eigenvalue weighted by atomic mass is 16.3. The molecule has 0 amide bonds. The van der Waals surface area contributed by atoms with Gasteiger partial charge in [-0.25, -0.2) is 0 Å². The van der Waals surface area contributed by atoms with E-state index in [0.29, 0.717) is 18.8 Å². The first-order valence-electron chi connectivity index (χ1n) is 7.10. The molecule has 0 aliphatic rings. The molecule has 0 aliphatic heterocycles. The molecule has 112 valence electrons. The van der Waals surface area contributed by atoms with E-state index in [1.807, 2.05) is 54.3 Å². The van der Waals surface area contributed by atoms with Crippen LogP contribution in [0.5, 0.6) is 0 Å². The Morgan fingerprint density at radius 3 is 2.24 bits per heavy atom. The molecule has 0 saturated heterocycles. The smallest absolute Gasteiger partial charge is 0.0606 e. The van der Waals surface area contributed by atoms with Crippen LogP contribution in [0.25, 0.3) is 11.1 Å². The maximum absolute atomic E-state index is 9.26. The summed E-state index contributed by atoms with van der Waals surface area (Å²) in [7, 11) is 0. The first-order valence-corrected chi connectivity index (χ1v) is 7.10. The minimum absolute atomic E-state index is 0.0298. The fraction of sp³-hybridized carbons (Fsp3) is 0.294. The topological polar surface area (TPSA) is 69.7 Å². The quantitative estimate of drug-likeness (QED) is 0.711. The molecule has 0 radical (unpaired) electrons. The van der Waals surface area contributed by atoms with E-state index in [9.17, 15) is 10.2 Å². The lowest BCUT2D eigenvalue weighted by Crippen LogP contribution is -2.30. The number of nitrogen functional groups attached to an aromatic ring is 1. The molecule has 0 aliphatic carbocycles. The van der Waals surface area contributed by atoms with Crippen LogP contribution in [0, 0.1) is 6.92 Å². The number of hydrogen-bond acceptors (Lipinski definition) is 4. The molecule has 0 saturated carbocycles. The van der Waals surface area contributed by atoms with Crippen LogP contribution in [0.3, 0.4) is 0 Å². The van der Waals surface area contributed by atoms with Crippen molar-refractivity contribution in [1.82, 2.24) is 0 Å². The van der Waals surface area contributed by atoms with E-state index < -0.39 is 0 Å². The predicted molar refractivity (Wildman–Crippen MR) is 87.4 cm³/mol. The van der Waals surface area contributed by atoms with E-state index >= 15 is 0 Å². The molecule has 0 aromatic heterocycles. The van der Waals surface area contributed by atoms with Gasteiger partial charge in [0.05, 0.1) is 13.2 Å². The Morgan fingerprint density at radius 1 is 0.952 bits per heavy atom. The van der Waals surface area contributed by atoms with Crippen LogP contribution in [-0.2, 0) is 0 Å². The molecule has 4 nitrogen and oxygen atoms in total. The summed E-state index contributed by atoms with van der Waals surface area (Å²) in [5.74, 6) is 0. The second-order valence-electron chi connectivity index (χ2n) is 4.99. The molecule has 2 aromatic rings. The maximum Gasteiger partial charge on any atom is 0.0606 e. The molecule has 2 aromatic carbocycles.